The van der Waals surface area contributed by atoms with E-state index in [4.69, 9.17) is 26.7 Å². The monoisotopic (exact) mass is 321 g/mol. The van der Waals surface area contributed by atoms with Crippen LogP contribution in [0.3, 0.4) is 0 Å². The van der Waals surface area contributed by atoms with Gasteiger partial charge >= 0.3 is 5.97 Å². The summed E-state index contributed by atoms with van der Waals surface area (Å²) in [6.45, 7) is -0.560. The van der Waals surface area contributed by atoms with Crippen molar-refractivity contribution in [3.8, 4) is 11.8 Å². The number of carboxylic acid groups (broad SMARTS) is 1. The molecule has 1 N–H and O–H groups in total. The SMILES string of the molecule is N#Cc1ccc(C(=O)c2cc(Cl)ccc2OCC(=O)O)s1. The first-order valence-electron chi connectivity index (χ1n) is 5.70. The van der Waals surface area contributed by atoms with Crippen molar-refractivity contribution in [3.05, 3.63) is 50.7 Å². The molecule has 106 valence electrons. The van der Waals surface area contributed by atoms with E-state index < -0.39 is 12.6 Å². The van der Waals surface area contributed by atoms with E-state index in [1.165, 1.54) is 24.3 Å². The van der Waals surface area contributed by atoms with Crippen LogP contribution in [0.1, 0.15) is 20.1 Å². The van der Waals surface area contributed by atoms with Gasteiger partial charge in [-0.2, -0.15) is 5.26 Å². The molecule has 1 heterocycles. The standard InChI is InChI=1S/C14H8ClNO4S/c15-8-1-3-11(20-7-13(17)18)10(5-8)14(19)12-4-2-9(6-16)21-12/h1-5H,7H2,(H,17,18). The number of aliphatic carboxylic acids is 1. The Hall–Kier alpha value is -2.36. The minimum atomic E-state index is -1.15. The Balaban J connectivity index is 2.36. The van der Waals surface area contributed by atoms with Crippen LogP contribution < -0.4 is 4.74 Å². The normalized spacial score (nSPS) is 9.90. The second-order valence-corrected chi connectivity index (χ2v) is 5.45. The van der Waals surface area contributed by atoms with Gasteiger partial charge in [0.25, 0.3) is 0 Å². The topological polar surface area (TPSA) is 87.4 Å². The Morgan fingerprint density at radius 3 is 2.71 bits per heavy atom. The molecule has 0 aliphatic carbocycles. The number of halogens is 1. The molecule has 1 aromatic heterocycles. The molecule has 0 saturated carbocycles. The third-order valence-corrected chi connectivity index (χ3v) is 3.70. The Kier molecular flexibility index (Phi) is 4.58. The highest BCUT2D eigenvalue weighted by atomic mass is 35.5. The predicted molar refractivity (Wildman–Crippen MR) is 77.0 cm³/mol. The highest BCUT2D eigenvalue weighted by molar-refractivity contribution is 7.14. The van der Waals surface area contributed by atoms with Crippen molar-refractivity contribution in [2.24, 2.45) is 0 Å². The van der Waals surface area contributed by atoms with Crippen molar-refractivity contribution in [3.63, 3.8) is 0 Å². The minimum Gasteiger partial charge on any atom is -0.481 e. The van der Waals surface area contributed by atoms with Gasteiger partial charge in [-0.15, -0.1) is 11.3 Å². The van der Waals surface area contributed by atoms with Crippen molar-refractivity contribution in [1.29, 1.82) is 5.26 Å². The summed E-state index contributed by atoms with van der Waals surface area (Å²) in [7, 11) is 0. The molecule has 5 nitrogen and oxygen atoms in total. The fourth-order valence-corrected chi connectivity index (χ4v) is 2.53. The summed E-state index contributed by atoms with van der Waals surface area (Å²) < 4.78 is 5.09. The maximum atomic E-state index is 12.4. The largest absolute Gasteiger partial charge is 0.481 e. The second kappa shape index (κ2) is 6.39. The quantitative estimate of drug-likeness (QED) is 0.855. The second-order valence-electron chi connectivity index (χ2n) is 3.93. The minimum absolute atomic E-state index is 0.138. The van der Waals surface area contributed by atoms with Gasteiger partial charge in [-0.3, -0.25) is 4.79 Å². The summed E-state index contributed by atoms with van der Waals surface area (Å²) >= 11 is 6.92. The summed E-state index contributed by atoms with van der Waals surface area (Å²) in [6.07, 6.45) is 0. The van der Waals surface area contributed by atoms with Gasteiger partial charge in [0.2, 0.25) is 5.78 Å². The lowest BCUT2D eigenvalue weighted by Crippen LogP contribution is -2.12. The van der Waals surface area contributed by atoms with Crippen LogP contribution in [-0.2, 0) is 4.79 Å². The van der Waals surface area contributed by atoms with Crippen LogP contribution in [-0.4, -0.2) is 23.5 Å². The van der Waals surface area contributed by atoms with Crippen LogP contribution in [0.15, 0.2) is 30.3 Å². The highest BCUT2D eigenvalue weighted by Crippen LogP contribution is 2.28. The Morgan fingerprint density at radius 2 is 2.10 bits per heavy atom. The van der Waals surface area contributed by atoms with Crippen molar-refractivity contribution >= 4 is 34.7 Å². The van der Waals surface area contributed by atoms with Gasteiger partial charge in [0, 0.05) is 5.02 Å². The first-order chi connectivity index (χ1) is 10.0. The molecule has 2 rings (SSSR count). The number of carboxylic acids is 1. The number of rotatable bonds is 5. The first kappa shape index (κ1) is 15.0. The zero-order valence-corrected chi connectivity index (χ0v) is 12.1. The lowest BCUT2D eigenvalue weighted by molar-refractivity contribution is -0.139. The molecule has 21 heavy (non-hydrogen) atoms. The predicted octanol–water partition coefficient (Wildman–Crippen LogP) is 2.97. The summed E-state index contributed by atoms with van der Waals surface area (Å²) in [5.41, 5.74) is 0.162. The van der Waals surface area contributed by atoms with Crippen LogP contribution in [0.2, 0.25) is 5.02 Å². The smallest absolute Gasteiger partial charge is 0.341 e. The van der Waals surface area contributed by atoms with Gasteiger partial charge < -0.3 is 9.84 Å². The molecule has 0 bridgehead atoms. The molecule has 0 spiro atoms. The summed E-state index contributed by atoms with van der Waals surface area (Å²) in [5, 5.41) is 17.8. The lowest BCUT2D eigenvalue weighted by atomic mass is 10.1. The molecule has 0 unspecified atom stereocenters. The zero-order chi connectivity index (χ0) is 15.4. The number of benzene rings is 1. The van der Waals surface area contributed by atoms with Gasteiger partial charge in [-0.25, -0.2) is 4.79 Å². The van der Waals surface area contributed by atoms with E-state index >= 15 is 0 Å². The van der Waals surface area contributed by atoms with E-state index in [0.29, 0.717) is 14.8 Å². The molecular weight excluding hydrogens is 314 g/mol. The number of carbonyl (C=O) groups is 2. The zero-order valence-electron chi connectivity index (χ0n) is 10.5. The third-order valence-electron chi connectivity index (χ3n) is 2.48. The summed E-state index contributed by atoms with van der Waals surface area (Å²) in [4.78, 5) is 23.7. The van der Waals surface area contributed by atoms with Crippen LogP contribution in [0.5, 0.6) is 5.75 Å². The molecule has 0 aliphatic rings. The number of nitrogens with zero attached hydrogens (tertiary/aromatic N) is 1. The number of carbonyl (C=O) groups excluding carboxylic acids is 1. The van der Waals surface area contributed by atoms with Crippen molar-refractivity contribution < 1.29 is 19.4 Å². The van der Waals surface area contributed by atoms with Gasteiger partial charge in [0.15, 0.2) is 6.61 Å². The lowest BCUT2D eigenvalue weighted by Gasteiger charge is -2.09. The van der Waals surface area contributed by atoms with Gasteiger partial charge in [-0.05, 0) is 30.3 Å². The number of hydrogen-bond donors (Lipinski definition) is 1. The average molecular weight is 322 g/mol. The molecule has 0 amide bonds. The first-order valence-corrected chi connectivity index (χ1v) is 6.89. The van der Waals surface area contributed by atoms with E-state index in [2.05, 4.69) is 0 Å². The molecule has 0 saturated heterocycles. The Bertz CT molecular complexity index is 748. The van der Waals surface area contributed by atoms with E-state index in [1.807, 2.05) is 6.07 Å². The fraction of sp³-hybridized carbons (Fsp3) is 0.0714. The van der Waals surface area contributed by atoms with Crippen LogP contribution in [0, 0.1) is 11.3 Å². The molecule has 0 fully saturated rings. The number of thiophene rings is 1. The number of hydrogen-bond acceptors (Lipinski definition) is 5. The number of ketones is 1. The average Bonchev–Trinajstić information content (AvgIpc) is 2.94. The molecule has 1 aromatic carbocycles. The van der Waals surface area contributed by atoms with Gasteiger partial charge in [0.1, 0.15) is 16.7 Å². The Morgan fingerprint density at radius 1 is 1.33 bits per heavy atom. The summed E-state index contributed by atoms with van der Waals surface area (Å²) in [6, 6.07) is 9.38. The van der Waals surface area contributed by atoms with Crippen LogP contribution >= 0.6 is 22.9 Å². The molecule has 0 atom stereocenters. The number of nitriles is 1. The van der Waals surface area contributed by atoms with Crippen molar-refractivity contribution in [1.82, 2.24) is 0 Å². The van der Waals surface area contributed by atoms with E-state index in [-0.39, 0.29) is 17.1 Å². The van der Waals surface area contributed by atoms with Gasteiger partial charge in [-0.1, -0.05) is 11.6 Å². The van der Waals surface area contributed by atoms with Crippen LogP contribution in [0.4, 0.5) is 0 Å². The highest BCUT2D eigenvalue weighted by Gasteiger charge is 2.18. The Labute approximate surface area is 129 Å². The molecule has 0 radical (unpaired) electrons. The number of ether oxygens (including phenoxy) is 1. The molecule has 7 heteroatoms. The maximum Gasteiger partial charge on any atom is 0.341 e. The molecule has 2 aromatic rings. The fourth-order valence-electron chi connectivity index (χ4n) is 1.60. The van der Waals surface area contributed by atoms with Crippen molar-refractivity contribution in [2.45, 2.75) is 0 Å². The third kappa shape index (κ3) is 3.60. The van der Waals surface area contributed by atoms with E-state index in [1.54, 1.807) is 6.07 Å². The molecular formula is C14H8ClNO4S. The molecule has 0 aliphatic heterocycles. The summed E-state index contributed by atoms with van der Waals surface area (Å²) in [5.74, 6) is -1.38. The maximum absolute atomic E-state index is 12.4. The van der Waals surface area contributed by atoms with Crippen molar-refractivity contribution in [2.75, 3.05) is 6.61 Å². The van der Waals surface area contributed by atoms with Crippen LogP contribution in [0.25, 0.3) is 0 Å². The van der Waals surface area contributed by atoms with Gasteiger partial charge in [0.05, 0.1) is 10.4 Å². The van der Waals surface area contributed by atoms with E-state index in [0.717, 1.165) is 11.3 Å². The van der Waals surface area contributed by atoms with E-state index in [9.17, 15) is 9.59 Å².